The number of nitrogens with one attached hydrogen (secondary N) is 1. The first-order valence-corrected chi connectivity index (χ1v) is 11.1. The van der Waals surface area contributed by atoms with Gasteiger partial charge in [0, 0.05) is 17.5 Å². The zero-order valence-corrected chi connectivity index (χ0v) is 18.5. The molecule has 1 fully saturated rings. The van der Waals surface area contributed by atoms with Crippen LogP contribution in [0.15, 0.2) is 39.2 Å². The third kappa shape index (κ3) is 4.17. The quantitative estimate of drug-likeness (QED) is 0.593. The second-order valence-electron chi connectivity index (χ2n) is 8.63. The molecular formula is C25H32N2O3. The van der Waals surface area contributed by atoms with Crippen molar-refractivity contribution in [2.45, 2.75) is 53.0 Å². The average Bonchev–Trinajstić information content (AvgIpc) is 3.32. The fourth-order valence-corrected chi connectivity index (χ4v) is 4.36. The van der Waals surface area contributed by atoms with Crippen LogP contribution in [0.5, 0.6) is 0 Å². The van der Waals surface area contributed by atoms with E-state index >= 15 is 0 Å². The number of benzene rings is 1. The van der Waals surface area contributed by atoms with E-state index in [1.54, 1.807) is 0 Å². The van der Waals surface area contributed by atoms with Gasteiger partial charge < -0.3 is 14.2 Å². The minimum Gasteiger partial charge on any atom is -0.465 e. The van der Waals surface area contributed by atoms with Gasteiger partial charge in [-0.2, -0.15) is 0 Å². The van der Waals surface area contributed by atoms with Gasteiger partial charge in [-0.15, -0.1) is 0 Å². The summed E-state index contributed by atoms with van der Waals surface area (Å²) in [5, 5.41) is 4.13. The van der Waals surface area contributed by atoms with E-state index in [-0.39, 0.29) is 11.9 Å². The second-order valence-corrected chi connectivity index (χ2v) is 8.63. The van der Waals surface area contributed by atoms with Gasteiger partial charge in [-0.05, 0) is 81.9 Å². The van der Waals surface area contributed by atoms with Crippen LogP contribution in [0.3, 0.4) is 0 Å². The Balaban J connectivity index is 1.52. The lowest BCUT2D eigenvalue weighted by Gasteiger charge is -2.35. The Morgan fingerprint density at radius 3 is 2.60 bits per heavy atom. The molecule has 1 amide bonds. The van der Waals surface area contributed by atoms with Crippen molar-refractivity contribution >= 4 is 16.9 Å². The number of hydrogen-bond acceptors (Lipinski definition) is 4. The number of furan rings is 2. The number of carbonyl (C=O) groups is 1. The molecule has 1 saturated heterocycles. The van der Waals surface area contributed by atoms with Gasteiger partial charge >= 0.3 is 0 Å². The molecule has 0 unspecified atom stereocenters. The molecule has 30 heavy (non-hydrogen) atoms. The van der Waals surface area contributed by atoms with E-state index in [1.807, 2.05) is 32.0 Å². The SMILES string of the molecule is CCc1ccc2oc(C(=O)NC[C@H](c3ccc(C)o3)N3CCC(C)CC3)c(C)c2c1. The Labute approximate surface area is 178 Å². The molecule has 160 valence electrons. The molecule has 0 spiro atoms. The number of likely N-dealkylation sites (tertiary alicyclic amines) is 1. The molecule has 3 heterocycles. The van der Waals surface area contributed by atoms with E-state index < -0.39 is 0 Å². The number of rotatable bonds is 6. The molecule has 2 aromatic heterocycles. The molecule has 0 bridgehead atoms. The van der Waals surface area contributed by atoms with E-state index in [4.69, 9.17) is 8.83 Å². The predicted octanol–water partition coefficient (Wildman–Crippen LogP) is 5.41. The van der Waals surface area contributed by atoms with E-state index in [0.717, 1.165) is 53.5 Å². The maximum atomic E-state index is 13.0. The van der Waals surface area contributed by atoms with E-state index in [2.05, 4.69) is 36.2 Å². The van der Waals surface area contributed by atoms with E-state index in [1.165, 1.54) is 18.4 Å². The third-order valence-corrected chi connectivity index (χ3v) is 6.42. The first-order chi connectivity index (χ1) is 14.5. The van der Waals surface area contributed by atoms with Gasteiger partial charge in [-0.1, -0.05) is 19.9 Å². The van der Waals surface area contributed by atoms with Crippen LogP contribution in [-0.2, 0) is 6.42 Å². The molecule has 0 saturated carbocycles. The smallest absolute Gasteiger partial charge is 0.287 e. The van der Waals surface area contributed by atoms with Gasteiger partial charge in [0.1, 0.15) is 17.1 Å². The average molecular weight is 409 g/mol. The minimum absolute atomic E-state index is 0.0338. The molecule has 1 N–H and O–H groups in total. The molecule has 0 radical (unpaired) electrons. The van der Waals surface area contributed by atoms with Gasteiger partial charge in [-0.3, -0.25) is 9.69 Å². The standard InChI is InChI=1S/C25H32N2O3/c1-5-19-7-9-22-20(14-19)18(4)24(30-22)25(28)26-15-21(23-8-6-17(3)29-23)27-12-10-16(2)11-13-27/h6-9,14,16,21H,5,10-13,15H2,1-4H3,(H,26,28)/t21-/m1/s1. The fourth-order valence-electron chi connectivity index (χ4n) is 4.36. The van der Waals surface area contributed by atoms with Gasteiger partial charge in [0.15, 0.2) is 5.76 Å². The summed E-state index contributed by atoms with van der Waals surface area (Å²) in [4.78, 5) is 15.4. The zero-order valence-electron chi connectivity index (χ0n) is 18.5. The molecule has 1 aliphatic rings. The van der Waals surface area contributed by atoms with Gasteiger partial charge in [0.05, 0.1) is 6.04 Å². The minimum atomic E-state index is -0.166. The molecule has 4 rings (SSSR count). The highest BCUT2D eigenvalue weighted by atomic mass is 16.3. The lowest BCUT2D eigenvalue weighted by atomic mass is 9.97. The van der Waals surface area contributed by atoms with Crippen molar-refractivity contribution in [1.82, 2.24) is 10.2 Å². The maximum Gasteiger partial charge on any atom is 0.287 e. The molecule has 1 aromatic carbocycles. The summed E-state index contributed by atoms with van der Waals surface area (Å²) in [6.07, 6.45) is 3.31. The molecule has 3 aromatic rings. The van der Waals surface area contributed by atoms with Crippen LogP contribution < -0.4 is 5.32 Å². The van der Waals surface area contributed by atoms with Crippen LogP contribution in [-0.4, -0.2) is 30.4 Å². The van der Waals surface area contributed by atoms with Crippen molar-refractivity contribution in [3.05, 3.63) is 58.7 Å². The van der Waals surface area contributed by atoms with Crippen LogP contribution in [0.4, 0.5) is 0 Å². The number of aryl methyl sites for hydroxylation is 3. The van der Waals surface area contributed by atoms with Gasteiger partial charge in [0.2, 0.25) is 0 Å². The van der Waals surface area contributed by atoms with E-state index in [0.29, 0.717) is 12.3 Å². The second kappa shape index (κ2) is 8.68. The summed E-state index contributed by atoms with van der Waals surface area (Å²) in [5.74, 6) is 2.80. The monoisotopic (exact) mass is 408 g/mol. The Hall–Kier alpha value is -2.53. The topological polar surface area (TPSA) is 58.6 Å². The first kappa shape index (κ1) is 20.7. The molecule has 5 heteroatoms. The summed E-state index contributed by atoms with van der Waals surface area (Å²) in [6, 6.07) is 10.2. The Kier molecular flexibility index (Phi) is 6.00. The summed E-state index contributed by atoms with van der Waals surface area (Å²) in [6.45, 7) is 10.9. The molecule has 1 aliphatic heterocycles. The molecule has 0 aliphatic carbocycles. The van der Waals surface area contributed by atoms with Crippen molar-refractivity contribution in [2.24, 2.45) is 5.92 Å². The number of piperidine rings is 1. The highest BCUT2D eigenvalue weighted by Gasteiger charge is 2.28. The van der Waals surface area contributed by atoms with Crippen molar-refractivity contribution < 1.29 is 13.6 Å². The Morgan fingerprint density at radius 2 is 1.93 bits per heavy atom. The lowest BCUT2D eigenvalue weighted by Crippen LogP contribution is -2.41. The number of carbonyl (C=O) groups excluding carboxylic acids is 1. The van der Waals surface area contributed by atoms with Crippen molar-refractivity contribution in [1.29, 1.82) is 0 Å². The summed E-state index contributed by atoms with van der Waals surface area (Å²) < 4.78 is 11.9. The first-order valence-electron chi connectivity index (χ1n) is 11.1. The highest BCUT2D eigenvalue weighted by Crippen LogP contribution is 2.29. The van der Waals surface area contributed by atoms with E-state index in [9.17, 15) is 4.79 Å². The maximum absolute atomic E-state index is 13.0. The molecule has 5 nitrogen and oxygen atoms in total. The third-order valence-electron chi connectivity index (χ3n) is 6.42. The van der Waals surface area contributed by atoms with Crippen LogP contribution in [0.25, 0.3) is 11.0 Å². The number of fused-ring (bicyclic) bond motifs is 1. The zero-order chi connectivity index (χ0) is 21.3. The predicted molar refractivity (Wildman–Crippen MR) is 119 cm³/mol. The normalized spacial score (nSPS) is 16.8. The number of hydrogen-bond donors (Lipinski definition) is 1. The lowest BCUT2D eigenvalue weighted by molar-refractivity contribution is 0.0871. The Bertz CT molecular complexity index is 1020. The van der Waals surface area contributed by atoms with Crippen LogP contribution >= 0.6 is 0 Å². The fraction of sp³-hybridized carbons (Fsp3) is 0.480. The number of nitrogens with zero attached hydrogens (tertiary/aromatic N) is 1. The van der Waals surface area contributed by atoms with Gasteiger partial charge in [-0.25, -0.2) is 0 Å². The summed E-state index contributed by atoms with van der Waals surface area (Å²) >= 11 is 0. The molecular weight excluding hydrogens is 376 g/mol. The van der Waals surface area contributed by atoms with Crippen molar-refractivity contribution in [3.63, 3.8) is 0 Å². The summed E-state index contributed by atoms with van der Waals surface area (Å²) in [5.41, 5.74) is 2.90. The Morgan fingerprint density at radius 1 is 1.17 bits per heavy atom. The van der Waals surface area contributed by atoms with Crippen molar-refractivity contribution in [3.8, 4) is 0 Å². The number of amides is 1. The summed E-state index contributed by atoms with van der Waals surface area (Å²) in [7, 11) is 0. The largest absolute Gasteiger partial charge is 0.465 e. The van der Waals surface area contributed by atoms with Crippen LogP contribution in [0.2, 0.25) is 0 Å². The van der Waals surface area contributed by atoms with Crippen LogP contribution in [0, 0.1) is 19.8 Å². The van der Waals surface area contributed by atoms with Gasteiger partial charge in [0.25, 0.3) is 5.91 Å². The van der Waals surface area contributed by atoms with Crippen LogP contribution in [0.1, 0.15) is 65.9 Å². The van der Waals surface area contributed by atoms with Crippen molar-refractivity contribution in [2.75, 3.05) is 19.6 Å². The molecule has 1 atom stereocenters. The highest BCUT2D eigenvalue weighted by molar-refractivity contribution is 5.99.